The molecule has 1 aromatic heterocycles. The number of rotatable bonds is 7. The second-order valence-electron chi connectivity index (χ2n) is 7.21. The van der Waals surface area contributed by atoms with Crippen molar-refractivity contribution < 1.29 is 13.2 Å². The zero-order valence-electron chi connectivity index (χ0n) is 15.9. The van der Waals surface area contributed by atoms with Gasteiger partial charge >= 0.3 is 0 Å². The first kappa shape index (κ1) is 23.6. The number of hydrogen-bond acceptors (Lipinski definition) is 5. The molecule has 1 aromatic carbocycles. The lowest BCUT2D eigenvalue weighted by Crippen LogP contribution is -2.37. The Bertz CT molecular complexity index is 943. The van der Waals surface area contributed by atoms with Crippen LogP contribution in [0.3, 0.4) is 0 Å². The molecule has 2 aromatic rings. The quantitative estimate of drug-likeness (QED) is 0.564. The summed E-state index contributed by atoms with van der Waals surface area (Å²) in [5, 5.41) is 2.64. The van der Waals surface area contributed by atoms with E-state index >= 15 is 0 Å². The lowest BCUT2D eigenvalue weighted by molar-refractivity contribution is -0.115. The van der Waals surface area contributed by atoms with Crippen LogP contribution in [0.15, 0.2) is 23.1 Å². The van der Waals surface area contributed by atoms with Crippen molar-refractivity contribution >= 4 is 77.4 Å². The molecular weight excluding hydrogens is 465 g/mol. The first-order chi connectivity index (χ1) is 12.8. The van der Waals surface area contributed by atoms with Crippen LogP contribution in [0.5, 0.6) is 0 Å². The number of nitrogens with zero attached hydrogens (tertiary/aromatic N) is 2. The molecule has 0 radical (unpaired) electrons. The summed E-state index contributed by atoms with van der Waals surface area (Å²) in [5.41, 5.74) is 0.544. The molecule has 0 saturated carbocycles. The van der Waals surface area contributed by atoms with E-state index in [0.29, 0.717) is 23.3 Å². The molecule has 0 aliphatic heterocycles. The molecule has 11 heteroatoms. The van der Waals surface area contributed by atoms with E-state index in [-0.39, 0.29) is 21.9 Å². The number of anilines is 1. The highest BCUT2D eigenvalue weighted by atomic mass is 35.6. The number of sulfonamides is 1. The number of nitrogens with one attached hydrogen (secondary N) is 1. The van der Waals surface area contributed by atoms with Crippen molar-refractivity contribution in [2.24, 2.45) is 11.8 Å². The summed E-state index contributed by atoms with van der Waals surface area (Å²) < 4.78 is 26.3. The number of thiazole rings is 1. The van der Waals surface area contributed by atoms with Gasteiger partial charge in [0.25, 0.3) is 9.70 Å². The molecule has 0 bridgehead atoms. The summed E-state index contributed by atoms with van der Waals surface area (Å²) in [5.74, 6) is -0.432. The van der Waals surface area contributed by atoms with E-state index in [1.54, 1.807) is 12.1 Å². The maximum Gasteiger partial charge on any atom is 0.278 e. The van der Waals surface area contributed by atoms with Gasteiger partial charge in [-0.25, -0.2) is 13.4 Å². The summed E-state index contributed by atoms with van der Waals surface area (Å²) in [6, 6.07) is 4.68. The van der Waals surface area contributed by atoms with Gasteiger partial charge in [0.1, 0.15) is 0 Å². The number of benzene rings is 1. The molecule has 0 atom stereocenters. The number of aromatic nitrogens is 1. The Morgan fingerprint density at radius 2 is 1.75 bits per heavy atom. The Morgan fingerprint density at radius 1 is 1.18 bits per heavy atom. The van der Waals surface area contributed by atoms with Crippen LogP contribution in [-0.2, 0) is 14.8 Å². The Morgan fingerprint density at radius 3 is 2.25 bits per heavy atom. The normalized spacial score (nSPS) is 13.1. The Balaban J connectivity index is 2.37. The molecule has 0 saturated heterocycles. The molecule has 2 rings (SSSR count). The van der Waals surface area contributed by atoms with Gasteiger partial charge in [0.2, 0.25) is 10.0 Å². The van der Waals surface area contributed by atoms with Crippen molar-refractivity contribution in [2.45, 2.75) is 36.4 Å². The highest BCUT2D eigenvalue weighted by Crippen LogP contribution is 2.32. The maximum absolute atomic E-state index is 13.2. The van der Waals surface area contributed by atoms with Crippen LogP contribution in [0.25, 0.3) is 10.2 Å². The standard InChI is InChI=1S/C17H22Cl3N3O3S2/c1-10(2)8-23(9-11(3)4)28(25,26)12-5-6-13-14(7-12)27-16(21-13)22-15(24)17(18,19)20/h5-7,10-11H,8-9H2,1-4H3,(H,21,22,24). The van der Waals surface area contributed by atoms with Crippen molar-refractivity contribution in [2.75, 3.05) is 18.4 Å². The van der Waals surface area contributed by atoms with Gasteiger partial charge in [-0.2, -0.15) is 4.31 Å². The predicted octanol–water partition coefficient (Wildman–Crippen LogP) is 4.91. The molecule has 1 amide bonds. The monoisotopic (exact) mass is 485 g/mol. The van der Waals surface area contributed by atoms with Crippen LogP contribution in [0.1, 0.15) is 27.7 Å². The van der Waals surface area contributed by atoms with Crippen LogP contribution >= 0.6 is 46.1 Å². The SMILES string of the molecule is CC(C)CN(CC(C)C)S(=O)(=O)c1ccc2nc(NC(=O)C(Cl)(Cl)Cl)sc2c1. The van der Waals surface area contributed by atoms with E-state index in [0.717, 1.165) is 11.3 Å². The van der Waals surface area contributed by atoms with E-state index in [9.17, 15) is 13.2 Å². The van der Waals surface area contributed by atoms with E-state index < -0.39 is 19.7 Å². The third-order valence-electron chi connectivity index (χ3n) is 3.61. The fraction of sp³-hybridized carbons (Fsp3) is 0.529. The number of carbonyl (C=O) groups is 1. The highest BCUT2D eigenvalue weighted by Gasteiger charge is 2.31. The summed E-state index contributed by atoms with van der Waals surface area (Å²) in [6.07, 6.45) is 0. The van der Waals surface area contributed by atoms with E-state index in [4.69, 9.17) is 34.8 Å². The number of alkyl halides is 3. The van der Waals surface area contributed by atoms with Crippen molar-refractivity contribution in [1.29, 1.82) is 0 Å². The van der Waals surface area contributed by atoms with Gasteiger partial charge in [-0.05, 0) is 30.0 Å². The topological polar surface area (TPSA) is 79.4 Å². The third kappa shape index (κ3) is 5.93. The average molecular weight is 487 g/mol. The molecule has 0 spiro atoms. The molecule has 1 heterocycles. The van der Waals surface area contributed by atoms with Crippen LogP contribution in [0.4, 0.5) is 5.13 Å². The molecule has 1 N–H and O–H groups in total. The average Bonchev–Trinajstić information content (AvgIpc) is 2.93. The molecule has 0 fully saturated rings. The first-order valence-electron chi connectivity index (χ1n) is 8.59. The van der Waals surface area contributed by atoms with Gasteiger partial charge in [-0.15, -0.1) is 0 Å². The largest absolute Gasteiger partial charge is 0.298 e. The minimum Gasteiger partial charge on any atom is -0.298 e. The minimum absolute atomic E-state index is 0.184. The van der Waals surface area contributed by atoms with Gasteiger partial charge in [-0.3, -0.25) is 10.1 Å². The van der Waals surface area contributed by atoms with E-state index in [2.05, 4.69) is 10.3 Å². The smallest absolute Gasteiger partial charge is 0.278 e. The van der Waals surface area contributed by atoms with E-state index in [1.165, 1.54) is 10.4 Å². The number of fused-ring (bicyclic) bond motifs is 1. The fourth-order valence-corrected chi connectivity index (χ4v) is 5.43. The zero-order valence-corrected chi connectivity index (χ0v) is 19.8. The third-order valence-corrected chi connectivity index (χ3v) is 6.89. The second-order valence-corrected chi connectivity index (χ2v) is 12.5. The van der Waals surface area contributed by atoms with Gasteiger partial charge in [0.15, 0.2) is 5.13 Å². The Hall–Kier alpha value is -0.640. The summed E-state index contributed by atoms with van der Waals surface area (Å²) in [4.78, 5) is 16.2. The Kier molecular flexibility index (Phi) is 7.61. The number of hydrogen-bond donors (Lipinski definition) is 1. The maximum atomic E-state index is 13.2. The lowest BCUT2D eigenvalue weighted by atomic mass is 10.2. The predicted molar refractivity (Wildman–Crippen MR) is 117 cm³/mol. The molecule has 6 nitrogen and oxygen atoms in total. The summed E-state index contributed by atoms with van der Waals surface area (Å²) in [6.45, 7) is 8.80. The molecule has 0 aliphatic carbocycles. The number of carbonyl (C=O) groups excluding carboxylic acids is 1. The second kappa shape index (κ2) is 9.02. The van der Waals surface area contributed by atoms with Gasteiger partial charge in [0.05, 0.1) is 15.1 Å². The van der Waals surface area contributed by atoms with Gasteiger partial charge < -0.3 is 0 Å². The van der Waals surface area contributed by atoms with Crippen molar-refractivity contribution in [3.05, 3.63) is 18.2 Å². The summed E-state index contributed by atoms with van der Waals surface area (Å²) in [7, 11) is -3.66. The highest BCUT2D eigenvalue weighted by molar-refractivity contribution is 7.89. The Labute approximate surface area is 184 Å². The van der Waals surface area contributed by atoms with Crippen LogP contribution < -0.4 is 5.32 Å². The molecule has 156 valence electrons. The van der Waals surface area contributed by atoms with Crippen LogP contribution in [0.2, 0.25) is 0 Å². The minimum atomic E-state index is -3.66. The lowest BCUT2D eigenvalue weighted by Gasteiger charge is -2.25. The fourth-order valence-electron chi connectivity index (χ4n) is 2.52. The van der Waals surface area contributed by atoms with E-state index in [1.807, 2.05) is 27.7 Å². The molecule has 0 aliphatic rings. The first-order valence-corrected chi connectivity index (χ1v) is 12.0. The van der Waals surface area contributed by atoms with Gasteiger partial charge in [-0.1, -0.05) is 73.8 Å². The number of amides is 1. The molecule has 0 unspecified atom stereocenters. The molecular formula is C17H22Cl3N3O3S2. The summed E-state index contributed by atoms with van der Waals surface area (Å²) >= 11 is 17.7. The van der Waals surface area contributed by atoms with Crippen molar-refractivity contribution in [1.82, 2.24) is 9.29 Å². The number of halogens is 3. The van der Waals surface area contributed by atoms with Crippen LogP contribution in [0, 0.1) is 11.8 Å². The van der Waals surface area contributed by atoms with Crippen molar-refractivity contribution in [3.63, 3.8) is 0 Å². The zero-order chi connectivity index (χ0) is 21.3. The van der Waals surface area contributed by atoms with Crippen LogP contribution in [-0.4, -0.2) is 40.5 Å². The van der Waals surface area contributed by atoms with Gasteiger partial charge in [0, 0.05) is 13.1 Å². The molecule has 28 heavy (non-hydrogen) atoms. The van der Waals surface area contributed by atoms with Crippen molar-refractivity contribution in [3.8, 4) is 0 Å².